The van der Waals surface area contributed by atoms with E-state index in [0.29, 0.717) is 17.8 Å². The van der Waals surface area contributed by atoms with Crippen molar-refractivity contribution in [2.75, 3.05) is 11.1 Å². The van der Waals surface area contributed by atoms with Crippen molar-refractivity contribution in [2.24, 2.45) is 11.7 Å². The molecule has 4 atom stereocenters. The molecule has 0 aliphatic carbocycles. The normalized spacial score (nSPS) is 22.8. The van der Waals surface area contributed by atoms with Gasteiger partial charge in [0.2, 0.25) is 0 Å². The van der Waals surface area contributed by atoms with Crippen LogP contribution in [-0.2, 0) is 4.74 Å². The van der Waals surface area contributed by atoms with E-state index in [4.69, 9.17) is 16.2 Å². The van der Waals surface area contributed by atoms with Crippen LogP contribution in [0.5, 0.6) is 0 Å². The van der Waals surface area contributed by atoms with Crippen molar-refractivity contribution in [1.82, 2.24) is 15.0 Å². The number of carbonyl (C=O) groups excluding carboxylic acids is 1. The average Bonchev–Trinajstić information content (AvgIpc) is 2.81. The van der Waals surface area contributed by atoms with E-state index in [2.05, 4.69) is 20.3 Å². The average molecular weight is 449 g/mol. The first-order valence-corrected chi connectivity index (χ1v) is 10.9. The molecule has 172 valence electrons. The van der Waals surface area contributed by atoms with Crippen molar-refractivity contribution in [2.45, 2.75) is 44.6 Å². The lowest BCUT2D eigenvalue weighted by atomic mass is 9.88. The number of nitrogen functional groups attached to an aromatic ring is 1. The van der Waals surface area contributed by atoms with Crippen molar-refractivity contribution in [3.63, 3.8) is 0 Å². The van der Waals surface area contributed by atoms with Crippen molar-refractivity contribution in [3.05, 3.63) is 66.2 Å². The molecule has 1 fully saturated rings. The number of pyridine rings is 1. The molecule has 3 heterocycles. The van der Waals surface area contributed by atoms with Gasteiger partial charge in [0.25, 0.3) is 5.91 Å². The molecule has 2 aromatic heterocycles. The van der Waals surface area contributed by atoms with Crippen LogP contribution < -0.4 is 16.8 Å². The molecule has 1 aliphatic rings. The Morgan fingerprint density at radius 1 is 1.21 bits per heavy atom. The minimum atomic E-state index is -0.753. The zero-order valence-electron chi connectivity index (χ0n) is 18.6. The maximum Gasteiger partial charge on any atom is 0.278 e. The zero-order chi connectivity index (χ0) is 23.5. The molecular weight excluding hydrogens is 420 g/mol. The number of hydrogen-bond donors (Lipinski definition) is 4. The molecule has 0 bridgehead atoms. The number of nitrogens with two attached hydrogens (primary N) is 2. The number of amides is 1. The summed E-state index contributed by atoms with van der Waals surface area (Å²) in [6.45, 7) is 3.94. The first kappa shape index (κ1) is 22.8. The second kappa shape index (κ2) is 9.62. The van der Waals surface area contributed by atoms with E-state index in [-0.39, 0.29) is 17.4 Å². The zero-order valence-corrected chi connectivity index (χ0v) is 18.6. The molecule has 6 N–H and O–H groups in total. The van der Waals surface area contributed by atoms with Gasteiger partial charge in [0.1, 0.15) is 0 Å². The van der Waals surface area contributed by atoms with Gasteiger partial charge in [-0.2, -0.15) is 0 Å². The van der Waals surface area contributed by atoms with Crippen molar-refractivity contribution >= 4 is 17.4 Å². The molecule has 1 aliphatic heterocycles. The van der Waals surface area contributed by atoms with Crippen LogP contribution in [0.2, 0.25) is 0 Å². The van der Waals surface area contributed by atoms with Crippen LogP contribution in [-0.4, -0.2) is 44.2 Å². The van der Waals surface area contributed by atoms with Crippen molar-refractivity contribution < 1.29 is 14.6 Å². The topological polar surface area (TPSA) is 149 Å². The highest BCUT2D eigenvalue weighted by atomic mass is 16.5. The van der Waals surface area contributed by atoms with Crippen LogP contribution in [0, 0.1) is 5.92 Å². The van der Waals surface area contributed by atoms with Gasteiger partial charge in [0.15, 0.2) is 11.5 Å². The Bertz CT molecular complexity index is 1120. The summed E-state index contributed by atoms with van der Waals surface area (Å²) in [7, 11) is 0. The fourth-order valence-corrected chi connectivity index (χ4v) is 3.99. The summed E-state index contributed by atoms with van der Waals surface area (Å²) in [5.41, 5.74) is 14.7. The van der Waals surface area contributed by atoms with Crippen LogP contribution in [0.15, 0.2) is 55.0 Å². The summed E-state index contributed by atoms with van der Waals surface area (Å²) >= 11 is 0. The van der Waals surface area contributed by atoms with Crippen LogP contribution >= 0.6 is 0 Å². The summed E-state index contributed by atoms with van der Waals surface area (Å²) in [5, 5.41) is 13.3. The number of aliphatic hydroxyl groups excluding tert-OH is 1. The molecule has 9 heteroatoms. The van der Waals surface area contributed by atoms with Gasteiger partial charge in [0, 0.05) is 23.4 Å². The smallest absolute Gasteiger partial charge is 0.278 e. The number of nitrogens with zero attached hydrogens (tertiary/aromatic N) is 3. The molecular formula is C24H28N6O3. The number of nitrogens with one attached hydrogen (secondary N) is 1. The number of aliphatic hydroxyl groups is 1. The number of carbonyl (C=O) groups is 1. The molecule has 3 aromatic rings. The predicted molar refractivity (Wildman–Crippen MR) is 125 cm³/mol. The molecule has 33 heavy (non-hydrogen) atoms. The van der Waals surface area contributed by atoms with Gasteiger partial charge in [-0.1, -0.05) is 44.2 Å². The highest BCUT2D eigenvalue weighted by Gasteiger charge is 2.38. The Morgan fingerprint density at radius 3 is 2.70 bits per heavy atom. The van der Waals surface area contributed by atoms with E-state index in [0.717, 1.165) is 11.1 Å². The van der Waals surface area contributed by atoms with Crippen molar-refractivity contribution in [3.8, 4) is 11.3 Å². The third-order valence-corrected chi connectivity index (χ3v) is 5.78. The van der Waals surface area contributed by atoms with E-state index < -0.39 is 30.3 Å². The molecule has 9 nitrogen and oxygen atoms in total. The Balaban J connectivity index is 1.61. The molecule has 0 radical (unpaired) electrons. The monoisotopic (exact) mass is 448 g/mol. The molecule has 1 aromatic carbocycles. The summed E-state index contributed by atoms with van der Waals surface area (Å²) in [4.78, 5) is 25.8. The van der Waals surface area contributed by atoms with E-state index in [1.54, 1.807) is 18.5 Å². The molecule has 1 amide bonds. The summed E-state index contributed by atoms with van der Waals surface area (Å²) < 4.78 is 6.18. The van der Waals surface area contributed by atoms with Crippen LogP contribution in [0.25, 0.3) is 11.3 Å². The highest BCUT2D eigenvalue weighted by Crippen LogP contribution is 2.36. The molecule has 0 unspecified atom stereocenters. The fraction of sp³-hybridized carbons (Fsp3) is 0.333. The van der Waals surface area contributed by atoms with Gasteiger partial charge in [0.05, 0.1) is 42.1 Å². The lowest BCUT2D eigenvalue weighted by Gasteiger charge is -2.40. The molecule has 4 rings (SSSR count). The van der Waals surface area contributed by atoms with Gasteiger partial charge in [-0.25, -0.2) is 9.97 Å². The fourth-order valence-electron chi connectivity index (χ4n) is 3.99. The van der Waals surface area contributed by atoms with Gasteiger partial charge in [-0.05, 0) is 18.4 Å². The first-order chi connectivity index (χ1) is 15.8. The van der Waals surface area contributed by atoms with Gasteiger partial charge in [-0.3, -0.25) is 9.78 Å². The number of aromatic nitrogens is 3. The minimum Gasteiger partial charge on any atom is -0.389 e. The van der Waals surface area contributed by atoms with Crippen molar-refractivity contribution in [1.29, 1.82) is 0 Å². The Morgan fingerprint density at radius 2 is 1.97 bits per heavy atom. The van der Waals surface area contributed by atoms with Gasteiger partial charge < -0.3 is 26.6 Å². The number of ether oxygens (including phenoxy) is 1. The maximum absolute atomic E-state index is 13.1. The van der Waals surface area contributed by atoms with Crippen LogP contribution in [0.1, 0.15) is 42.4 Å². The van der Waals surface area contributed by atoms with Gasteiger partial charge in [-0.15, -0.1) is 0 Å². The third-order valence-electron chi connectivity index (χ3n) is 5.78. The Kier molecular flexibility index (Phi) is 6.64. The lowest BCUT2D eigenvalue weighted by Crippen LogP contribution is -2.51. The van der Waals surface area contributed by atoms with E-state index in [9.17, 15) is 9.90 Å². The number of rotatable bonds is 5. The minimum absolute atomic E-state index is 0.0166. The maximum atomic E-state index is 13.1. The Labute approximate surface area is 192 Å². The first-order valence-electron chi connectivity index (χ1n) is 10.9. The van der Waals surface area contributed by atoms with E-state index in [1.165, 1.54) is 6.20 Å². The predicted octanol–water partition coefficient (Wildman–Crippen LogP) is 2.55. The molecule has 0 spiro atoms. The second-order valence-corrected chi connectivity index (χ2v) is 8.50. The lowest BCUT2D eigenvalue weighted by molar-refractivity contribution is -0.145. The summed E-state index contributed by atoms with van der Waals surface area (Å²) in [5.74, 6) is -0.409. The highest BCUT2D eigenvalue weighted by molar-refractivity contribution is 6.06. The molecule has 0 saturated carbocycles. The largest absolute Gasteiger partial charge is 0.389 e. The second-order valence-electron chi connectivity index (χ2n) is 8.50. The third kappa shape index (κ3) is 4.85. The summed E-state index contributed by atoms with van der Waals surface area (Å²) in [6.07, 6.45) is 3.53. The van der Waals surface area contributed by atoms with Gasteiger partial charge >= 0.3 is 0 Å². The summed E-state index contributed by atoms with van der Waals surface area (Å²) in [6, 6.07) is 10.7. The number of anilines is 2. The van der Waals surface area contributed by atoms with Crippen LogP contribution in [0.3, 0.4) is 0 Å². The standard InChI is InChI=1S/C24H28N6O3/c1-13(2)22-21(31)16(25)10-19(33-22)15-8-9-27-11-18(15)30-24(32)20-23(26)28-12-17(29-20)14-6-4-3-5-7-14/h3-9,11-13,16,19,21-22,31H,10,25H2,1-2H3,(H2,26,28)(H,30,32)/t16-,19-,21+,22-/m1/s1. The van der Waals surface area contributed by atoms with E-state index >= 15 is 0 Å². The van der Waals surface area contributed by atoms with E-state index in [1.807, 2.05) is 44.2 Å². The van der Waals surface area contributed by atoms with Crippen LogP contribution in [0.4, 0.5) is 11.5 Å². The Hall–Kier alpha value is -3.40. The quantitative estimate of drug-likeness (QED) is 0.465. The number of hydrogen-bond acceptors (Lipinski definition) is 8. The SMILES string of the molecule is CC(C)[C@H]1O[C@@H](c2ccncc2NC(=O)c2nc(-c3ccccc3)cnc2N)C[C@@H](N)[C@@H]1O. The number of benzene rings is 1. The molecule has 1 saturated heterocycles.